The van der Waals surface area contributed by atoms with Crippen LogP contribution in [0.25, 0.3) is 10.9 Å². The lowest BCUT2D eigenvalue weighted by Gasteiger charge is -2.25. The van der Waals surface area contributed by atoms with Crippen LogP contribution in [-0.4, -0.2) is 46.4 Å². The van der Waals surface area contributed by atoms with Gasteiger partial charge in [-0.05, 0) is 68.8 Å². The van der Waals surface area contributed by atoms with Gasteiger partial charge in [0.1, 0.15) is 5.82 Å². The summed E-state index contributed by atoms with van der Waals surface area (Å²) in [7, 11) is 0. The Balaban J connectivity index is 1.49. The summed E-state index contributed by atoms with van der Waals surface area (Å²) in [6, 6.07) is 10.7. The maximum atomic E-state index is 13.1. The number of azo groups is 1. The van der Waals surface area contributed by atoms with Crippen LogP contribution in [0.3, 0.4) is 0 Å². The summed E-state index contributed by atoms with van der Waals surface area (Å²) in [6.07, 6.45) is 3.41. The number of hydrogen-bond acceptors (Lipinski definition) is 5. The standard InChI is InChI=1S/C24H26FN5O3/c1-15(16-5-7-17(25)8-6-16)23(32)29-28-22-19-13-18(9-10-20(19)27-24(22)33)26-21(31)14-30-11-3-2-4-12-30/h5-10,13,15,27,33H,2-4,11-12,14H2,1H3,(H,26,31). The Morgan fingerprint density at radius 3 is 2.61 bits per heavy atom. The Kier molecular flexibility index (Phi) is 6.79. The smallest absolute Gasteiger partial charge is 0.271 e. The predicted octanol–water partition coefficient (Wildman–Crippen LogP) is 4.85. The number of nitrogens with zero attached hydrogens (tertiary/aromatic N) is 3. The lowest BCUT2D eigenvalue weighted by atomic mass is 10.0. The van der Waals surface area contributed by atoms with Crippen LogP contribution in [0.4, 0.5) is 15.8 Å². The van der Waals surface area contributed by atoms with E-state index in [0.717, 1.165) is 25.9 Å². The Morgan fingerprint density at radius 2 is 1.88 bits per heavy atom. The third-order valence-corrected chi connectivity index (χ3v) is 5.84. The van der Waals surface area contributed by atoms with Gasteiger partial charge in [0.05, 0.1) is 18.0 Å². The van der Waals surface area contributed by atoms with Crippen LogP contribution in [0.1, 0.15) is 37.7 Å². The molecule has 2 heterocycles. The number of hydrogen-bond donors (Lipinski definition) is 3. The van der Waals surface area contributed by atoms with E-state index in [9.17, 15) is 19.1 Å². The second-order valence-electron chi connectivity index (χ2n) is 8.28. The quantitative estimate of drug-likeness (QED) is 0.465. The molecule has 3 N–H and O–H groups in total. The normalized spacial score (nSPS) is 15.7. The van der Waals surface area contributed by atoms with Gasteiger partial charge in [-0.25, -0.2) is 4.39 Å². The number of piperidine rings is 1. The summed E-state index contributed by atoms with van der Waals surface area (Å²) >= 11 is 0. The molecule has 0 saturated carbocycles. The van der Waals surface area contributed by atoms with Crippen LogP contribution in [0, 0.1) is 5.82 Å². The third-order valence-electron chi connectivity index (χ3n) is 5.84. The van der Waals surface area contributed by atoms with Crippen molar-refractivity contribution in [3.05, 3.63) is 53.8 Å². The second-order valence-corrected chi connectivity index (χ2v) is 8.28. The van der Waals surface area contributed by atoms with Gasteiger partial charge in [0.25, 0.3) is 5.91 Å². The van der Waals surface area contributed by atoms with Crippen molar-refractivity contribution in [3.8, 4) is 5.88 Å². The zero-order chi connectivity index (χ0) is 23.4. The number of anilines is 1. The maximum absolute atomic E-state index is 13.1. The average Bonchev–Trinajstić information content (AvgIpc) is 3.12. The number of aromatic hydroxyl groups is 1. The van der Waals surface area contributed by atoms with Gasteiger partial charge >= 0.3 is 0 Å². The highest BCUT2D eigenvalue weighted by Gasteiger charge is 2.18. The van der Waals surface area contributed by atoms with E-state index in [4.69, 9.17) is 0 Å². The van der Waals surface area contributed by atoms with E-state index in [1.165, 1.54) is 30.7 Å². The summed E-state index contributed by atoms with van der Waals surface area (Å²) in [6.45, 7) is 3.83. The minimum Gasteiger partial charge on any atom is -0.493 e. The monoisotopic (exact) mass is 451 g/mol. The molecule has 0 spiro atoms. The van der Waals surface area contributed by atoms with Gasteiger partial charge in [0.15, 0.2) is 5.69 Å². The number of benzene rings is 2. The van der Waals surface area contributed by atoms with Crippen LogP contribution in [0.2, 0.25) is 0 Å². The first-order chi connectivity index (χ1) is 15.9. The second kappa shape index (κ2) is 9.91. The molecular weight excluding hydrogens is 425 g/mol. The van der Waals surface area contributed by atoms with Gasteiger partial charge in [-0.3, -0.25) is 14.5 Å². The molecule has 9 heteroatoms. The molecule has 33 heavy (non-hydrogen) atoms. The van der Waals surface area contributed by atoms with Gasteiger partial charge < -0.3 is 15.4 Å². The number of rotatable bonds is 6. The SMILES string of the molecule is CC(C(=O)N=Nc1c(O)[nH]c2ccc(NC(=O)CN3CCCCC3)cc12)c1ccc(F)cc1. The minimum absolute atomic E-state index is 0.108. The number of nitrogens with one attached hydrogen (secondary N) is 2. The van der Waals surface area contributed by atoms with E-state index in [0.29, 0.717) is 28.7 Å². The van der Waals surface area contributed by atoms with Crippen molar-refractivity contribution in [2.24, 2.45) is 10.2 Å². The molecule has 1 fully saturated rings. The molecule has 1 aliphatic rings. The zero-order valence-corrected chi connectivity index (χ0v) is 18.3. The minimum atomic E-state index is -0.619. The van der Waals surface area contributed by atoms with Crippen molar-refractivity contribution in [2.45, 2.75) is 32.1 Å². The number of aromatic nitrogens is 1. The summed E-state index contributed by atoms with van der Waals surface area (Å²) in [5, 5.41) is 21.4. The number of halogens is 1. The van der Waals surface area contributed by atoms with Crippen molar-refractivity contribution in [3.63, 3.8) is 0 Å². The van der Waals surface area contributed by atoms with Crippen molar-refractivity contribution in [1.29, 1.82) is 0 Å². The number of amides is 2. The van der Waals surface area contributed by atoms with Crippen molar-refractivity contribution >= 4 is 34.1 Å². The van der Waals surface area contributed by atoms with Crippen molar-refractivity contribution < 1.29 is 19.1 Å². The molecule has 8 nitrogen and oxygen atoms in total. The fraction of sp³-hybridized carbons (Fsp3) is 0.333. The van der Waals surface area contributed by atoms with Gasteiger partial charge in [0.2, 0.25) is 11.8 Å². The largest absolute Gasteiger partial charge is 0.493 e. The lowest BCUT2D eigenvalue weighted by molar-refractivity contribution is -0.119. The van der Waals surface area contributed by atoms with E-state index in [1.807, 2.05) is 0 Å². The Morgan fingerprint density at radius 1 is 1.15 bits per heavy atom. The summed E-state index contributed by atoms with van der Waals surface area (Å²) in [4.78, 5) is 29.8. The molecule has 172 valence electrons. The number of carbonyl (C=O) groups excluding carboxylic acids is 2. The molecule has 4 rings (SSSR count). The molecular formula is C24H26FN5O3. The molecule has 1 aliphatic heterocycles. The van der Waals surface area contributed by atoms with Crippen LogP contribution in [0.15, 0.2) is 52.7 Å². The first-order valence-electron chi connectivity index (χ1n) is 11.0. The first-order valence-corrected chi connectivity index (χ1v) is 11.0. The first kappa shape index (κ1) is 22.6. The van der Waals surface area contributed by atoms with Gasteiger partial charge in [-0.2, -0.15) is 0 Å². The van der Waals surface area contributed by atoms with E-state index < -0.39 is 11.8 Å². The van der Waals surface area contributed by atoms with E-state index in [2.05, 4.69) is 25.4 Å². The molecule has 1 unspecified atom stereocenters. The van der Waals surface area contributed by atoms with Gasteiger partial charge in [-0.15, -0.1) is 10.2 Å². The van der Waals surface area contributed by atoms with Crippen LogP contribution < -0.4 is 5.32 Å². The van der Waals surface area contributed by atoms with E-state index in [-0.39, 0.29) is 23.3 Å². The fourth-order valence-electron chi connectivity index (χ4n) is 3.94. The summed E-state index contributed by atoms with van der Waals surface area (Å²) < 4.78 is 13.1. The molecule has 3 aromatic rings. The predicted molar refractivity (Wildman–Crippen MR) is 123 cm³/mol. The fourth-order valence-corrected chi connectivity index (χ4v) is 3.94. The average molecular weight is 452 g/mol. The molecule has 2 aromatic carbocycles. The maximum Gasteiger partial charge on any atom is 0.271 e. The number of fused-ring (bicyclic) bond motifs is 1. The van der Waals surface area contributed by atoms with E-state index >= 15 is 0 Å². The van der Waals surface area contributed by atoms with Crippen molar-refractivity contribution in [2.75, 3.05) is 25.0 Å². The Bertz CT molecular complexity index is 1180. The van der Waals surface area contributed by atoms with E-state index in [1.54, 1.807) is 25.1 Å². The summed E-state index contributed by atoms with van der Waals surface area (Å²) in [5.74, 6) is -1.87. The topological polar surface area (TPSA) is 110 Å². The summed E-state index contributed by atoms with van der Waals surface area (Å²) in [5.41, 5.74) is 1.87. The Labute approximate surface area is 190 Å². The number of likely N-dealkylation sites (tertiary alicyclic amines) is 1. The van der Waals surface area contributed by atoms with Crippen LogP contribution >= 0.6 is 0 Å². The van der Waals surface area contributed by atoms with Crippen LogP contribution in [-0.2, 0) is 9.59 Å². The molecule has 2 amide bonds. The highest BCUT2D eigenvalue weighted by Crippen LogP contribution is 2.37. The van der Waals surface area contributed by atoms with Crippen molar-refractivity contribution in [1.82, 2.24) is 9.88 Å². The molecule has 1 saturated heterocycles. The molecule has 0 radical (unpaired) electrons. The molecule has 1 atom stereocenters. The highest BCUT2D eigenvalue weighted by molar-refractivity contribution is 6.00. The van der Waals surface area contributed by atoms with Gasteiger partial charge in [-0.1, -0.05) is 18.6 Å². The number of aromatic amines is 1. The molecule has 0 bridgehead atoms. The zero-order valence-electron chi connectivity index (χ0n) is 18.3. The third kappa shape index (κ3) is 5.43. The lowest BCUT2D eigenvalue weighted by Crippen LogP contribution is -2.36. The van der Waals surface area contributed by atoms with Crippen LogP contribution in [0.5, 0.6) is 5.88 Å². The number of H-pyrrole nitrogens is 1. The highest BCUT2D eigenvalue weighted by atomic mass is 19.1. The molecule has 1 aromatic heterocycles. The molecule has 0 aliphatic carbocycles. The Hall–Kier alpha value is -3.59. The number of carbonyl (C=O) groups is 2. The van der Waals surface area contributed by atoms with Gasteiger partial charge in [0, 0.05) is 11.1 Å².